The molecule has 1 unspecified atom stereocenters. The van der Waals surface area contributed by atoms with Gasteiger partial charge in [0.2, 0.25) is 0 Å². The van der Waals surface area contributed by atoms with Crippen molar-refractivity contribution in [3.63, 3.8) is 0 Å². The summed E-state index contributed by atoms with van der Waals surface area (Å²) in [5.74, 6) is 1.13. The summed E-state index contributed by atoms with van der Waals surface area (Å²) in [4.78, 5) is 8.39. The summed E-state index contributed by atoms with van der Waals surface area (Å²) in [6, 6.07) is 8.42. The van der Waals surface area contributed by atoms with Gasteiger partial charge in [0, 0.05) is 25.0 Å². The summed E-state index contributed by atoms with van der Waals surface area (Å²) in [6.07, 6.45) is 3.39. The maximum Gasteiger partial charge on any atom is 0.260 e. The second-order valence-corrected chi connectivity index (χ2v) is 6.54. The minimum Gasteiger partial charge on any atom is -0.334 e. The number of halogens is 1. The zero-order chi connectivity index (χ0) is 19.0. The highest BCUT2D eigenvalue weighted by Gasteiger charge is 2.24. The van der Waals surface area contributed by atoms with Crippen molar-refractivity contribution >= 4 is 12.6 Å². The predicted molar refractivity (Wildman–Crippen MR) is 99.5 cm³/mol. The van der Waals surface area contributed by atoms with Crippen molar-refractivity contribution in [3.8, 4) is 22.8 Å². The first-order valence-electron chi connectivity index (χ1n) is 8.12. The van der Waals surface area contributed by atoms with Gasteiger partial charge in [-0.25, -0.2) is 4.39 Å². The van der Waals surface area contributed by atoms with E-state index >= 15 is 0 Å². The molecule has 136 valence electrons. The highest BCUT2D eigenvalue weighted by molar-refractivity contribution is 7.80. The Labute approximate surface area is 159 Å². The van der Waals surface area contributed by atoms with Gasteiger partial charge in [0.05, 0.1) is 5.56 Å². The summed E-state index contributed by atoms with van der Waals surface area (Å²) >= 11 is 4.56. The molecule has 0 amide bonds. The molecule has 7 nitrogen and oxygen atoms in total. The Balaban J connectivity index is 1.67. The van der Waals surface area contributed by atoms with Crippen LogP contribution < -0.4 is 0 Å². The normalized spacial score (nSPS) is 12.3. The lowest BCUT2D eigenvalue weighted by atomic mass is 10.1. The molecule has 3 heterocycles. The molecule has 0 fully saturated rings. The van der Waals surface area contributed by atoms with Gasteiger partial charge in [-0.1, -0.05) is 16.8 Å². The van der Waals surface area contributed by atoms with E-state index in [1.165, 1.54) is 6.07 Å². The molecule has 0 aliphatic rings. The van der Waals surface area contributed by atoms with E-state index in [1.54, 1.807) is 29.1 Å². The van der Waals surface area contributed by atoms with Gasteiger partial charge in [0.15, 0.2) is 17.5 Å². The van der Waals surface area contributed by atoms with Gasteiger partial charge in [-0.3, -0.25) is 4.98 Å². The van der Waals surface area contributed by atoms with Crippen molar-refractivity contribution < 1.29 is 8.91 Å². The summed E-state index contributed by atoms with van der Waals surface area (Å²) in [5.41, 5.74) is 1.97. The molecule has 0 spiro atoms. The van der Waals surface area contributed by atoms with Crippen LogP contribution in [0.1, 0.15) is 22.5 Å². The van der Waals surface area contributed by atoms with E-state index in [1.807, 2.05) is 26.1 Å². The van der Waals surface area contributed by atoms with Crippen molar-refractivity contribution in [2.45, 2.75) is 12.2 Å². The molecule has 4 aromatic rings. The van der Waals surface area contributed by atoms with Gasteiger partial charge in [0.25, 0.3) is 5.89 Å². The number of hydrogen-bond acceptors (Lipinski definition) is 7. The third kappa shape index (κ3) is 3.21. The van der Waals surface area contributed by atoms with Crippen molar-refractivity contribution in [2.75, 3.05) is 0 Å². The molecule has 0 bridgehead atoms. The molecule has 0 radical (unpaired) electrons. The summed E-state index contributed by atoms with van der Waals surface area (Å²) in [7, 11) is 1.82. The van der Waals surface area contributed by atoms with E-state index in [-0.39, 0.29) is 17.3 Å². The first-order valence-corrected chi connectivity index (χ1v) is 8.64. The summed E-state index contributed by atoms with van der Waals surface area (Å²) in [5, 5.41) is 11.8. The van der Waals surface area contributed by atoms with Gasteiger partial charge < -0.3 is 9.09 Å². The fourth-order valence-electron chi connectivity index (χ4n) is 2.70. The van der Waals surface area contributed by atoms with Gasteiger partial charge in [-0.05, 0) is 31.2 Å². The Bertz CT molecular complexity index is 1090. The largest absolute Gasteiger partial charge is 0.334 e. The molecule has 1 atom stereocenters. The van der Waals surface area contributed by atoms with Crippen LogP contribution in [0.25, 0.3) is 22.8 Å². The third-order valence-electron chi connectivity index (χ3n) is 4.11. The Kier molecular flexibility index (Phi) is 4.44. The van der Waals surface area contributed by atoms with E-state index in [0.717, 1.165) is 11.1 Å². The van der Waals surface area contributed by atoms with Crippen LogP contribution in [-0.2, 0) is 7.05 Å². The van der Waals surface area contributed by atoms with Crippen LogP contribution in [0.4, 0.5) is 4.39 Å². The van der Waals surface area contributed by atoms with Crippen LogP contribution in [-0.4, -0.2) is 29.9 Å². The third-order valence-corrected chi connectivity index (χ3v) is 4.57. The lowest BCUT2D eigenvalue weighted by Gasteiger charge is -2.07. The number of benzene rings is 1. The van der Waals surface area contributed by atoms with Gasteiger partial charge in [-0.2, -0.15) is 17.6 Å². The van der Waals surface area contributed by atoms with Crippen LogP contribution in [0.5, 0.6) is 0 Å². The topological polar surface area (TPSA) is 82.5 Å². The number of aromatic nitrogens is 6. The Hall–Kier alpha value is -3.07. The number of aryl methyl sites for hydroxylation is 1. The highest BCUT2D eigenvalue weighted by Crippen LogP contribution is 2.30. The SMILES string of the molecule is Cc1ccc(F)c(-c2nc(C(S)c3nnc(-c4cccnc4)n3C)no2)c1. The smallest absolute Gasteiger partial charge is 0.260 e. The number of thiol groups is 1. The van der Waals surface area contributed by atoms with Crippen LogP contribution in [0.3, 0.4) is 0 Å². The first-order chi connectivity index (χ1) is 13.0. The van der Waals surface area contributed by atoms with E-state index in [0.29, 0.717) is 11.6 Å². The summed E-state index contributed by atoms with van der Waals surface area (Å²) in [6.45, 7) is 1.86. The average Bonchev–Trinajstić information content (AvgIpc) is 3.31. The fourth-order valence-corrected chi connectivity index (χ4v) is 3.03. The second-order valence-electron chi connectivity index (χ2n) is 6.03. The lowest BCUT2D eigenvalue weighted by Crippen LogP contribution is -2.05. The quantitative estimate of drug-likeness (QED) is 0.545. The number of hydrogen-bond donors (Lipinski definition) is 1. The molecule has 27 heavy (non-hydrogen) atoms. The van der Waals surface area contributed by atoms with E-state index in [9.17, 15) is 4.39 Å². The number of rotatable bonds is 4. The van der Waals surface area contributed by atoms with Crippen LogP contribution in [0.2, 0.25) is 0 Å². The molecular weight excluding hydrogens is 367 g/mol. The molecule has 4 rings (SSSR count). The second kappa shape index (κ2) is 6.92. The molecular formula is C18H15FN6OS. The zero-order valence-electron chi connectivity index (χ0n) is 14.5. The minimum atomic E-state index is -0.585. The molecule has 0 saturated carbocycles. The molecule has 0 aliphatic carbocycles. The Morgan fingerprint density at radius 2 is 2.07 bits per heavy atom. The standard InChI is InChI=1S/C18H15FN6OS/c1-10-5-6-13(19)12(8-10)18-21-15(24-26-18)14(27)17-23-22-16(25(17)2)11-4-3-7-20-9-11/h3-9,14,27H,1-2H3. The van der Waals surface area contributed by atoms with Crippen molar-refractivity contribution in [1.29, 1.82) is 0 Å². The van der Waals surface area contributed by atoms with Gasteiger partial charge in [-0.15, -0.1) is 10.2 Å². The van der Waals surface area contributed by atoms with Crippen molar-refractivity contribution in [2.24, 2.45) is 7.05 Å². The van der Waals surface area contributed by atoms with Gasteiger partial charge >= 0.3 is 0 Å². The Morgan fingerprint density at radius 1 is 1.22 bits per heavy atom. The van der Waals surface area contributed by atoms with Crippen LogP contribution in [0, 0.1) is 12.7 Å². The van der Waals surface area contributed by atoms with Crippen LogP contribution in [0.15, 0.2) is 47.2 Å². The summed E-state index contributed by atoms with van der Waals surface area (Å²) < 4.78 is 21.1. The number of nitrogens with zero attached hydrogens (tertiary/aromatic N) is 6. The molecule has 9 heteroatoms. The Morgan fingerprint density at radius 3 is 2.85 bits per heavy atom. The average molecular weight is 382 g/mol. The molecule has 0 aliphatic heterocycles. The van der Waals surface area contributed by atoms with E-state index in [2.05, 4.69) is 38.0 Å². The van der Waals surface area contributed by atoms with Crippen molar-refractivity contribution in [3.05, 3.63) is 65.8 Å². The molecule has 1 aromatic carbocycles. The molecule has 3 aromatic heterocycles. The lowest BCUT2D eigenvalue weighted by molar-refractivity contribution is 0.420. The molecule has 0 N–H and O–H groups in total. The predicted octanol–water partition coefficient (Wildman–Crippen LogP) is 3.39. The maximum absolute atomic E-state index is 14.1. The van der Waals surface area contributed by atoms with Crippen molar-refractivity contribution in [1.82, 2.24) is 29.9 Å². The highest BCUT2D eigenvalue weighted by atomic mass is 32.1. The van der Waals surface area contributed by atoms with Gasteiger partial charge in [0.1, 0.15) is 11.1 Å². The minimum absolute atomic E-state index is 0.0971. The van der Waals surface area contributed by atoms with E-state index in [4.69, 9.17) is 4.52 Å². The van der Waals surface area contributed by atoms with Crippen LogP contribution >= 0.6 is 12.6 Å². The first kappa shape index (κ1) is 17.3. The fraction of sp³-hybridized carbons (Fsp3) is 0.167. The number of pyridine rings is 1. The molecule has 0 saturated heterocycles. The monoisotopic (exact) mass is 382 g/mol. The van der Waals surface area contributed by atoms with E-state index < -0.39 is 11.1 Å². The maximum atomic E-state index is 14.1. The zero-order valence-corrected chi connectivity index (χ0v) is 15.4.